The van der Waals surface area contributed by atoms with Gasteiger partial charge in [0.1, 0.15) is 0 Å². The lowest BCUT2D eigenvalue weighted by Gasteiger charge is -2.12. The molecule has 23 heavy (non-hydrogen) atoms. The molecule has 3 aromatic rings. The average Bonchev–Trinajstić information content (AvgIpc) is 3.15. The highest BCUT2D eigenvalue weighted by atomic mass is 32.1. The van der Waals surface area contributed by atoms with Gasteiger partial charge in [0.05, 0.1) is 36.5 Å². The van der Waals surface area contributed by atoms with Crippen LogP contribution in [0.1, 0.15) is 15.9 Å². The van der Waals surface area contributed by atoms with Crippen molar-refractivity contribution in [3.63, 3.8) is 0 Å². The Morgan fingerprint density at radius 1 is 1.13 bits per heavy atom. The van der Waals surface area contributed by atoms with Crippen LogP contribution < -0.4 is 14.4 Å². The minimum atomic E-state index is -0.102. The van der Waals surface area contributed by atoms with Crippen LogP contribution in [0.3, 0.4) is 0 Å². The summed E-state index contributed by atoms with van der Waals surface area (Å²) in [6, 6.07) is 11.6. The van der Waals surface area contributed by atoms with E-state index in [-0.39, 0.29) is 5.91 Å². The highest BCUT2D eigenvalue weighted by molar-refractivity contribution is 7.22. The molecule has 1 amide bonds. The number of carbonyl (C=O) groups is 1. The van der Waals surface area contributed by atoms with Gasteiger partial charge in [0, 0.05) is 0 Å². The fraction of sp³-hybridized carbons (Fsp3) is 0.176. The van der Waals surface area contributed by atoms with Crippen LogP contribution in [0, 0.1) is 0 Å². The maximum absolute atomic E-state index is 12.9. The molecule has 4 rings (SSSR count). The number of ether oxygens (including phenoxy) is 2. The van der Waals surface area contributed by atoms with Gasteiger partial charge in [0.2, 0.25) is 0 Å². The molecular formula is C17H14N2O3S. The first-order chi connectivity index (χ1) is 11.2. The highest BCUT2D eigenvalue weighted by Crippen LogP contribution is 2.41. The molecule has 5 nitrogen and oxygen atoms in total. The summed E-state index contributed by atoms with van der Waals surface area (Å²) in [5, 5.41) is 0.702. The number of carbonyl (C=O) groups excluding carboxylic acids is 1. The van der Waals surface area contributed by atoms with E-state index >= 15 is 0 Å². The lowest BCUT2D eigenvalue weighted by molar-refractivity contribution is 0.0993. The third kappa shape index (κ3) is 2.06. The van der Waals surface area contributed by atoms with E-state index in [1.165, 1.54) is 11.3 Å². The summed E-state index contributed by atoms with van der Waals surface area (Å²) in [5.41, 5.74) is 2.39. The van der Waals surface area contributed by atoms with E-state index in [0.29, 0.717) is 28.7 Å². The van der Waals surface area contributed by atoms with Gasteiger partial charge >= 0.3 is 0 Å². The normalized spacial score (nSPS) is 13.5. The SMILES string of the molecule is COc1ccc2c(c1OC)C(=O)N(c1nc3ccccc3s1)C2. The summed E-state index contributed by atoms with van der Waals surface area (Å²) in [7, 11) is 3.11. The number of para-hydroxylation sites is 1. The summed E-state index contributed by atoms with van der Waals surface area (Å²) in [6.07, 6.45) is 0. The number of fused-ring (bicyclic) bond motifs is 2. The van der Waals surface area contributed by atoms with Crippen molar-refractivity contribution in [1.82, 2.24) is 4.98 Å². The van der Waals surface area contributed by atoms with Crippen molar-refractivity contribution < 1.29 is 14.3 Å². The van der Waals surface area contributed by atoms with Crippen LogP contribution in [-0.2, 0) is 6.54 Å². The fourth-order valence-corrected chi connectivity index (χ4v) is 3.80. The summed E-state index contributed by atoms with van der Waals surface area (Å²) in [6.45, 7) is 0.494. The molecule has 1 aliphatic heterocycles. The number of hydrogen-bond donors (Lipinski definition) is 0. The first kappa shape index (κ1) is 14.0. The maximum atomic E-state index is 12.9. The predicted octanol–water partition coefficient (Wildman–Crippen LogP) is 3.47. The van der Waals surface area contributed by atoms with Crippen LogP contribution in [0.2, 0.25) is 0 Å². The van der Waals surface area contributed by atoms with E-state index < -0.39 is 0 Å². The van der Waals surface area contributed by atoms with Crippen LogP contribution in [0.25, 0.3) is 10.2 Å². The number of hydrogen-bond acceptors (Lipinski definition) is 5. The van der Waals surface area contributed by atoms with Gasteiger partial charge in [-0.25, -0.2) is 4.98 Å². The quantitative estimate of drug-likeness (QED) is 0.739. The van der Waals surface area contributed by atoms with Crippen molar-refractivity contribution in [2.45, 2.75) is 6.54 Å². The van der Waals surface area contributed by atoms with E-state index in [1.807, 2.05) is 36.4 Å². The van der Waals surface area contributed by atoms with Crippen molar-refractivity contribution >= 4 is 32.6 Å². The average molecular weight is 326 g/mol. The monoisotopic (exact) mass is 326 g/mol. The van der Waals surface area contributed by atoms with Crippen molar-refractivity contribution in [3.05, 3.63) is 47.5 Å². The van der Waals surface area contributed by atoms with E-state index in [1.54, 1.807) is 19.1 Å². The first-order valence-electron chi connectivity index (χ1n) is 7.14. The van der Waals surface area contributed by atoms with Crippen LogP contribution in [0.5, 0.6) is 11.5 Å². The molecule has 0 bridgehead atoms. The third-order valence-corrected chi connectivity index (χ3v) is 4.99. The van der Waals surface area contributed by atoms with E-state index in [0.717, 1.165) is 15.8 Å². The lowest BCUT2D eigenvalue weighted by Crippen LogP contribution is -2.23. The number of anilines is 1. The summed E-state index contributed by atoms with van der Waals surface area (Å²) < 4.78 is 11.8. The molecule has 2 heterocycles. The Labute approximate surface area is 137 Å². The molecule has 0 N–H and O–H groups in total. The van der Waals surface area contributed by atoms with E-state index in [9.17, 15) is 4.79 Å². The van der Waals surface area contributed by atoms with Crippen LogP contribution in [-0.4, -0.2) is 25.1 Å². The van der Waals surface area contributed by atoms with Crippen molar-refractivity contribution in [1.29, 1.82) is 0 Å². The van der Waals surface area contributed by atoms with Gasteiger partial charge in [0.15, 0.2) is 16.6 Å². The zero-order chi connectivity index (χ0) is 16.0. The number of methoxy groups -OCH3 is 2. The number of thiazole rings is 1. The van der Waals surface area contributed by atoms with Gasteiger partial charge in [-0.3, -0.25) is 9.69 Å². The first-order valence-corrected chi connectivity index (χ1v) is 7.96. The molecule has 2 aromatic carbocycles. The molecule has 0 fully saturated rings. The molecule has 0 radical (unpaired) electrons. The lowest BCUT2D eigenvalue weighted by atomic mass is 10.1. The van der Waals surface area contributed by atoms with Gasteiger partial charge in [-0.05, 0) is 23.8 Å². The number of amides is 1. The summed E-state index contributed by atoms with van der Waals surface area (Å²) in [5.74, 6) is 0.944. The van der Waals surface area contributed by atoms with Gasteiger partial charge in [-0.1, -0.05) is 29.5 Å². The molecule has 0 atom stereocenters. The molecule has 1 aliphatic rings. The van der Waals surface area contributed by atoms with Gasteiger partial charge in [0.25, 0.3) is 5.91 Å². The fourth-order valence-electron chi connectivity index (χ4n) is 2.84. The Bertz CT molecular complexity index is 886. The maximum Gasteiger partial charge on any atom is 0.264 e. The second-order valence-electron chi connectivity index (χ2n) is 5.19. The van der Waals surface area contributed by atoms with E-state index in [4.69, 9.17) is 9.47 Å². The largest absolute Gasteiger partial charge is 0.493 e. The van der Waals surface area contributed by atoms with Crippen LogP contribution in [0.4, 0.5) is 5.13 Å². The number of rotatable bonds is 3. The highest BCUT2D eigenvalue weighted by Gasteiger charge is 2.34. The van der Waals surface area contributed by atoms with Gasteiger partial charge in [-0.2, -0.15) is 0 Å². The van der Waals surface area contributed by atoms with Crippen LogP contribution >= 0.6 is 11.3 Å². The summed E-state index contributed by atoms with van der Waals surface area (Å²) >= 11 is 1.51. The minimum absolute atomic E-state index is 0.102. The third-order valence-electron chi connectivity index (χ3n) is 3.93. The molecule has 1 aromatic heterocycles. The van der Waals surface area contributed by atoms with Crippen molar-refractivity contribution in [3.8, 4) is 11.5 Å². The smallest absolute Gasteiger partial charge is 0.264 e. The molecule has 6 heteroatoms. The van der Waals surface area contributed by atoms with Crippen LogP contribution in [0.15, 0.2) is 36.4 Å². The van der Waals surface area contributed by atoms with Gasteiger partial charge < -0.3 is 9.47 Å². The van der Waals surface area contributed by atoms with E-state index in [2.05, 4.69) is 4.98 Å². The predicted molar refractivity (Wildman–Crippen MR) is 89.7 cm³/mol. The number of benzene rings is 2. The standard InChI is InChI=1S/C17H14N2O3S/c1-21-12-8-7-10-9-19(16(20)14(10)15(12)22-2)17-18-11-5-3-4-6-13(11)23-17/h3-8H,9H2,1-2H3. The molecule has 0 aliphatic carbocycles. The molecule has 0 unspecified atom stereocenters. The summed E-state index contributed by atoms with van der Waals surface area (Å²) in [4.78, 5) is 19.1. The second-order valence-corrected chi connectivity index (χ2v) is 6.20. The Kier molecular flexibility index (Phi) is 3.20. The molecule has 116 valence electrons. The zero-order valence-electron chi connectivity index (χ0n) is 12.7. The number of nitrogens with zero attached hydrogens (tertiary/aromatic N) is 2. The number of aromatic nitrogens is 1. The van der Waals surface area contributed by atoms with Crippen molar-refractivity contribution in [2.24, 2.45) is 0 Å². The molecule has 0 saturated heterocycles. The van der Waals surface area contributed by atoms with Crippen molar-refractivity contribution in [2.75, 3.05) is 19.1 Å². The molecule has 0 spiro atoms. The van der Waals surface area contributed by atoms with Gasteiger partial charge in [-0.15, -0.1) is 0 Å². The molecular weight excluding hydrogens is 312 g/mol. The zero-order valence-corrected chi connectivity index (χ0v) is 13.5. The Hall–Kier alpha value is -2.60. The Balaban J connectivity index is 1.80. The second kappa shape index (κ2) is 5.24. The minimum Gasteiger partial charge on any atom is -0.493 e. The Morgan fingerprint density at radius 3 is 2.70 bits per heavy atom. The molecule has 0 saturated carbocycles. The topological polar surface area (TPSA) is 51.7 Å². The Morgan fingerprint density at radius 2 is 1.96 bits per heavy atom.